The van der Waals surface area contributed by atoms with Gasteiger partial charge < -0.3 is 15.2 Å². The number of amides is 1. The lowest BCUT2D eigenvalue weighted by molar-refractivity contribution is -0.147. The Morgan fingerprint density at radius 3 is 2.32 bits per heavy atom. The Bertz CT molecular complexity index is 564. The normalized spacial score (nSPS) is 12.9. The molecule has 0 spiro atoms. The minimum Gasteiger partial charge on any atom is -0.481 e. The molecule has 122 valence electrons. The fraction of sp³-hybridized carbons (Fsp3) is 0.529. The van der Waals surface area contributed by atoms with Gasteiger partial charge in [-0.3, -0.25) is 4.79 Å². The van der Waals surface area contributed by atoms with Gasteiger partial charge in [0.1, 0.15) is 11.3 Å². The molecule has 2 N–H and O–H groups in total. The van der Waals surface area contributed by atoms with Gasteiger partial charge >= 0.3 is 5.97 Å². The minimum atomic E-state index is -1.33. The van der Waals surface area contributed by atoms with Crippen LogP contribution in [0.25, 0.3) is 0 Å². The van der Waals surface area contributed by atoms with Crippen molar-refractivity contribution in [2.24, 2.45) is 0 Å². The van der Waals surface area contributed by atoms with E-state index in [1.165, 1.54) is 13.8 Å². The minimum absolute atomic E-state index is 0.265. The fourth-order valence-corrected chi connectivity index (χ4v) is 1.93. The molecule has 0 aliphatic rings. The van der Waals surface area contributed by atoms with Crippen LogP contribution >= 0.6 is 0 Å². The molecule has 1 aromatic rings. The van der Waals surface area contributed by atoms with Crippen LogP contribution in [0.1, 0.15) is 51.7 Å². The molecule has 5 nitrogen and oxygen atoms in total. The highest BCUT2D eigenvalue weighted by molar-refractivity contribution is 5.88. The molecule has 0 aliphatic carbocycles. The molecule has 1 aromatic carbocycles. The van der Waals surface area contributed by atoms with Gasteiger partial charge in [-0.2, -0.15) is 0 Å². The summed E-state index contributed by atoms with van der Waals surface area (Å²) in [5.41, 5.74) is 0.725. The van der Waals surface area contributed by atoms with Gasteiger partial charge in [-0.25, -0.2) is 4.79 Å². The van der Waals surface area contributed by atoms with E-state index in [0.29, 0.717) is 5.75 Å². The van der Waals surface area contributed by atoms with E-state index in [2.05, 4.69) is 19.2 Å². The van der Waals surface area contributed by atoms with Crippen molar-refractivity contribution in [3.63, 3.8) is 0 Å². The van der Waals surface area contributed by atoms with Gasteiger partial charge in [0.2, 0.25) is 0 Å². The first kappa shape index (κ1) is 18.0. The maximum Gasteiger partial charge on any atom is 0.328 e. The van der Waals surface area contributed by atoms with E-state index in [0.717, 1.165) is 11.1 Å². The Morgan fingerprint density at radius 1 is 1.23 bits per heavy atom. The van der Waals surface area contributed by atoms with Gasteiger partial charge in [0, 0.05) is 0 Å². The summed E-state index contributed by atoms with van der Waals surface area (Å²) in [5.74, 6) is -0.623. The Morgan fingerprint density at radius 2 is 1.82 bits per heavy atom. The second kappa shape index (κ2) is 6.81. The van der Waals surface area contributed by atoms with E-state index in [1.54, 1.807) is 6.92 Å². The molecule has 1 amide bonds. The molecular weight excluding hydrogens is 282 g/mol. The first-order valence-corrected chi connectivity index (χ1v) is 7.37. The molecule has 0 saturated heterocycles. The van der Waals surface area contributed by atoms with Crippen LogP contribution in [0.5, 0.6) is 5.75 Å². The summed E-state index contributed by atoms with van der Waals surface area (Å²) in [6.45, 7) is 10.5. The predicted molar refractivity (Wildman–Crippen MR) is 85.2 cm³/mol. The summed E-state index contributed by atoms with van der Waals surface area (Å²) in [5, 5.41) is 11.5. The standard InChI is InChI=1S/C17H25NO4/c1-10(2)13-8-7-11(3)9-14(13)22-12(4)15(19)18-17(5,6)16(20)21/h7-10,12H,1-6H3,(H,18,19)(H,20,21). The van der Waals surface area contributed by atoms with Crippen LogP contribution in [-0.2, 0) is 9.59 Å². The van der Waals surface area contributed by atoms with Gasteiger partial charge in [-0.05, 0) is 50.8 Å². The Balaban J connectivity index is 2.89. The van der Waals surface area contributed by atoms with Crippen molar-refractivity contribution in [3.05, 3.63) is 29.3 Å². The molecule has 0 fully saturated rings. The van der Waals surface area contributed by atoms with Crippen LogP contribution < -0.4 is 10.1 Å². The SMILES string of the molecule is Cc1ccc(C(C)C)c(OC(C)C(=O)NC(C)(C)C(=O)O)c1. The summed E-state index contributed by atoms with van der Waals surface area (Å²) in [4.78, 5) is 23.2. The molecule has 5 heteroatoms. The van der Waals surface area contributed by atoms with Crippen molar-refractivity contribution in [3.8, 4) is 5.75 Å². The zero-order valence-corrected chi connectivity index (χ0v) is 14.1. The highest BCUT2D eigenvalue weighted by atomic mass is 16.5. The number of hydrogen-bond donors (Lipinski definition) is 2. The number of aryl methyl sites for hydroxylation is 1. The second-order valence-electron chi connectivity index (χ2n) is 6.38. The summed E-state index contributed by atoms with van der Waals surface area (Å²) in [6, 6.07) is 5.88. The van der Waals surface area contributed by atoms with Crippen molar-refractivity contribution in [2.75, 3.05) is 0 Å². The fourth-order valence-electron chi connectivity index (χ4n) is 1.93. The number of aliphatic carboxylic acids is 1. The third-order valence-electron chi connectivity index (χ3n) is 3.43. The second-order valence-corrected chi connectivity index (χ2v) is 6.38. The van der Waals surface area contributed by atoms with E-state index < -0.39 is 23.5 Å². The lowest BCUT2D eigenvalue weighted by Gasteiger charge is -2.24. The first-order chi connectivity index (χ1) is 10.0. The maximum absolute atomic E-state index is 12.1. The molecule has 0 saturated carbocycles. The van der Waals surface area contributed by atoms with E-state index >= 15 is 0 Å². The van der Waals surface area contributed by atoms with Crippen LogP contribution in [0, 0.1) is 6.92 Å². The number of ether oxygens (including phenoxy) is 1. The lowest BCUT2D eigenvalue weighted by Crippen LogP contribution is -2.53. The number of carbonyl (C=O) groups is 2. The van der Waals surface area contributed by atoms with Crippen molar-refractivity contribution < 1.29 is 19.4 Å². The van der Waals surface area contributed by atoms with Crippen LogP contribution in [0.2, 0.25) is 0 Å². The van der Waals surface area contributed by atoms with Crippen molar-refractivity contribution >= 4 is 11.9 Å². The molecule has 0 heterocycles. The number of nitrogens with one attached hydrogen (secondary N) is 1. The Kier molecular flexibility index (Phi) is 5.58. The Hall–Kier alpha value is -2.04. The summed E-state index contributed by atoms with van der Waals surface area (Å²) in [6.07, 6.45) is -0.780. The smallest absolute Gasteiger partial charge is 0.328 e. The van der Waals surface area contributed by atoms with E-state index in [-0.39, 0.29) is 5.92 Å². The molecule has 0 aliphatic heterocycles. The topological polar surface area (TPSA) is 75.6 Å². The van der Waals surface area contributed by atoms with E-state index in [1.807, 2.05) is 25.1 Å². The molecule has 1 atom stereocenters. The highest BCUT2D eigenvalue weighted by Gasteiger charge is 2.31. The number of hydrogen-bond acceptors (Lipinski definition) is 3. The third kappa shape index (κ3) is 4.48. The van der Waals surface area contributed by atoms with Gasteiger partial charge in [-0.15, -0.1) is 0 Å². The highest BCUT2D eigenvalue weighted by Crippen LogP contribution is 2.28. The van der Waals surface area contributed by atoms with E-state index in [9.17, 15) is 9.59 Å². The number of benzene rings is 1. The molecule has 1 rings (SSSR count). The molecule has 0 bridgehead atoms. The van der Waals surface area contributed by atoms with Gasteiger partial charge in [0.25, 0.3) is 5.91 Å². The van der Waals surface area contributed by atoms with E-state index in [4.69, 9.17) is 9.84 Å². The van der Waals surface area contributed by atoms with Crippen LogP contribution in [0.3, 0.4) is 0 Å². The largest absolute Gasteiger partial charge is 0.481 e. The predicted octanol–water partition coefficient (Wildman–Crippen LogP) is 2.87. The quantitative estimate of drug-likeness (QED) is 0.847. The lowest BCUT2D eigenvalue weighted by atomic mass is 10.0. The van der Waals surface area contributed by atoms with Crippen molar-refractivity contribution in [1.29, 1.82) is 0 Å². The third-order valence-corrected chi connectivity index (χ3v) is 3.43. The number of rotatable bonds is 6. The van der Waals surface area contributed by atoms with Crippen LogP contribution in [-0.4, -0.2) is 28.6 Å². The molecule has 0 aromatic heterocycles. The molecule has 0 radical (unpaired) electrons. The van der Waals surface area contributed by atoms with Gasteiger partial charge in [0.05, 0.1) is 0 Å². The molecule has 22 heavy (non-hydrogen) atoms. The summed E-state index contributed by atoms with van der Waals surface area (Å²) >= 11 is 0. The number of carbonyl (C=O) groups excluding carboxylic acids is 1. The maximum atomic E-state index is 12.1. The van der Waals surface area contributed by atoms with Gasteiger partial charge in [0.15, 0.2) is 6.10 Å². The van der Waals surface area contributed by atoms with Gasteiger partial charge in [-0.1, -0.05) is 26.0 Å². The average Bonchev–Trinajstić information content (AvgIpc) is 2.37. The van der Waals surface area contributed by atoms with Crippen LogP contribution in [0.4, 0.5) is 0 Å². The zero-order valence-electron chi connectivity index (χ0n) is 14.1. The monoisotopic (exact) mass is 307 g/mol. The van der Waals surface area contributed by atoms with Crippen molar-refractivity contribution in [2.45, 2.75) is 59.1 Å². The first-order valence-electron chi connectivity index (χ1n) is 7.37. The van der Waals surface area contributed by atoms with Crippen LogP contribution in [0.15, 0.2) is 18.2 Å². The summed E-state index contributed by atoms with van der Waals surface area (Å²) < 4.78 is 5.77. The number of carboxylic acid groups (broad SMARTS) is 1. The van der Waals surface area contributed by atoms with Crippen molar-refractivity contribution in [1.82, 2.24) is 5.32 Å². The molecular formula is C17H25NO4. The molecule has 1 unspecified atom stereocenters. The average molecular weight is 307 g/mol. The zero-order chi connectivity index (χ0) is 17.1. The summed E-state index contributed by atoms with van der Waals surface area (Å²) in [7, 11) is 0. The Labute approximate surface area is 131 Å². The number of carboxylic acids is 1.